The Labute approximate surface area is 121 Å². The van der Waals surface area contributed by atoms with E-state index < -0.39 is 0 Å². The van der Waals surface area contributed by atoms with E-state index in [0.717, 1.165) is 43.8 Å². The molecule has 4 heteroatoms. The zero-order valence-electron chi connectivity index (χ0n) is 12.8. The van der Waals surface area contributed by atoms with Crippen molar-refractivity contribution in [2.75, 3.05) is 19.7 Å². The Balaban J connectivity index is 2.51. The molecule has 0 aliphatic rings. The molecular weight excluding hydrogens is 252 g/mol. The molecule has 0 saturated carbocycles. The molecule has 1 amide bonds. The molecule has 0 aliphatic heterocycles. The van der Waals surface area contributed by atoms with Crippen molar-refractivity contribution in [1.82, 2.24) is 10.6 Å². The minimum absolute atomic E-state index is 0.0616. The highest BCUT2D eigenvalue weighted by atomic mass is 16.5. The number of carbonyl (C=O) groups excluding carboxylic acids is 1. The highest BCUT2D eigenvalue weighted by Gasteiger charge is 2.07. The van der Waals surface area contributed by atoms with Gasteiger partial charge in [-0.1, -0.05) is 38.0 Å². The fourth-order valence-electron chi connectivity index (χ4n) is 1.85. The molecule has 0 atom stereocenters. The van der Waals surface area contributed by atoms with E-state index in [1.165, 1.54) is 5.56 Å². The molecule has 0 saturated heterocycles. The van der Waals surface area contributed by atoms with Gasteiger partial charge in [0.15, 0.2) is 6.61 Å². The number of rotatable bonds is 9. The second-order valence-corrected chi connectivity index (χ2v) is 4.88. The van der Waals surface area contributed by atoms with Crippen LogP contribution in [0, 0.1) is 6.92 Å². The van der Waals surface area contributed by atoms with Gasteiger partial charge in [-0.3, -0.25) is 4.79 Å². The molecule has 2 N–H and O–H groups in total. The number of hydrogen-bond donors (Lipinski definition) is 2. The van der Waals surface area contributed by atoms with Gasteiger partial charge in [-0.05, 0) is 26.0 Å². The quantitative estimate of drug-likeness (QED) is 0.682. The molecular formula is C16H26N2O2. The van der Waals surface area contributed by atoms with Crippen molar-refractivity contribution in [1.29, 1.82) is 0 Å². The summed E-state index contributed by atoms with van der Waals surface area (Å²) in [6.07, 6.45) is 2.08. The third-order valence-electron chi connectivity index (χ3n) is 2.99. The van der Waals surface area contributed by atoms with Crippen LogP contribution in [0.3, 0.4) is 0 Å². The Kier molecular flexibility index (Phi) is 7.73. The molecule has 0 radical (unpaired) electrons. The Morgan fingerprint density at radius 2 is 2.10 bits per heavy atom. The fourth-order valence-corrected chi connectivity index (χ4v) is 1.85. The van der Waals surface area contributed by atoms with Crippen LogP contribution < -0.4 is 15.4 Å². The van der Waals surface area contributed by atoms with Gasteiger partial charge in [0.2, 0.25) is 0 Å². The number of hydrogen-bond acceptors (Lipinski definition) is 3. The third-order valence-corrected chi connectivity index (χ3v) is 2.99. The van der Waals surface area contributed by atoms with Crippen LogP contribution in [0.4, 0.5) is 0 Å². The summed E-state index contributed by atoms with van der Waals surface area (Å²) in [6.45, 7) is 8.68. The van der Waals surface area contributed by atoms with Crippen molar-refractivity contribution >= 4 is 5.91 Å². The number of aryl methyl sites for hydroxylation is 1. The first kappa shape index (κ1) is 16.5. The number of unbranched alkanes of at least 4 members (excludes halogenated alkanes) is 1. The van der Waals surface area contributed by atoms with Crippen molar-refractivity contribution in [3.05, 3.63) is 29.3 Å². The smallest absolute Gasteiger partial charge is 0.257 e. The summed E-state index contributed by atoms with van der Waals surface area (Å²) in [5.41, 5.74) is 2.28. The normalized spacial score (nSPS) is 10.3. The summed E-state index contributed by atoms with van der Waals surface area (Å²) >= 11 is 0. The standard InChI is InChI=1S/C16H26N2O2/c1-4-6-9-18-16(19)12-20-15-8-7-13(3)10-14(15)11-17-5-2/h7-8,10,17H,4-6,9,11-12H2,1-3H3,(H,18,19). The first-order chi connectivity index (χ1) is 9.67. The molecule has 1 aromatic rings. The first-order valence-electron chi connectivity index (χ1n) is 7.37. The maximum atomic E-state index is 11.6. The maximum Gasteiger partial charge on any atom is 0.257 e. The van der Waals surface area contributed by atoms with E-state index in [0.29, 0.717) is 0 Å². The molecule has 0 spiro atoms. The number of benzene rings is 1. The lowest BCUT2D eigenvalue weighted by Crippen LogP contribution is -2.29. The molecule has 20 heavy (non-hydrogen) atoms. The van der Waals surface area contributed by atoms with Crippen LogP contribution in [0.25, 0.3) is 0 Å². The van der Waals surface area contributed by atoms with Crippen LogP contribution in [-0.4, -0.2) is 25.6 Å². The van der Waals surface area contributed by atoms with E-state index in [2.05, 4.69) is 37.5 Å². The molecule has 1 aromatic carbocycles. The van der Waals surface area contributed by atoms with Crippen molar-refractivity contribution in [2.24, 2.45) is 0 Å². The highest BCUT2D eigenvalue weighted by molar-refractivity contribution is 5.77. The molecule has 0 unspecified atom stereocenters. The number of ether oxygens (including phenoxy) is 1. The summed E-state index contributed by atoms with van der Waals surface area (Å²) < 4.78 is 5.63. The van der Waals surface area contributed by atoms with Crippen LogP contribution in [0.1, 0.15) is 37.8 Å². The Hall–Kier alpha value is -1.55. The van der Waals surface area contributed by atoms with Crippen molar-refractivity contribution in [2.45, 2.75) is 40.2 Å². The average molecular weight is 278 g/mol. The van der Waals surface area contributed by atoms with E-state index in [1.807, 2.05) is 12.1 Å². The molecule has 0 aliphatic carbocycles. The van der Waals surface area contributed by atoms with Crippen LogP contribution in [0.15, 0.2) is 18.2 Å². The lowest BCUT2D eigenvalue weighted by Gasteiger charge is -2.12. The van der Waals surface area contributed by atoms with Gasteiger partial charge in [0.05, 0.1) is 0 Å². The average Bonchev–Trinajstić information content (AvgIpc) is 2.44. The van der Waals surface area contributed by atoms with Gasteiger partial charge in [0, 0.05) is 18.7 Å². The number of amides is 1. The molecule has 1 rings (SSSR count). The van der Waals surface area contributed by atoms with Crippen LogP contribution in [0.5, 0.6) is 5.75 Å². The van der Waals surface area contributed by atoms with Crippen molar-refractivity contribution in [3.63, 3.8) is 0 Å². The van der Waals surface area contributed by atoms with E-state index in [4.69, 9.17) is 4.74 Å². The molecule has 0 aromatic heterocycles. The molecule has 0 heterocycles. The third kappa shape index (κ3) is 6.06. The molecule has 4 nitrogen and oxygen atoms in total. The van der Waals surface area contributed by atoms with Gasteiger partial charge < -0.3 is 15.4 Å². The van der Waals surface area contributed by atoms with E-state index in [-0.39, 0.29) is 12.5 Å². The lowest BCUT2D eigenvalue weighted by molar-refractivity contribution is -0.123. The zero-order valence-corrected chi connectivity index (χ0v) is 12.8. The number of carbonyl (C=O) groups is 1. The predicted octanol–water partition coefficient (Wildman–Crippen LogP) is 2.40. The minimum Gasteiger partial charge on any atom is -0.483 e. The van der Waals surface area contributed by atoms with E-state index in [9.17, 15) is 4.79 Å². The van der Waals surface area contributed by atoms with E-state index >= 15 is 0 Å². The summed E-state index contributed by atoms with van der Waals surface area (Å²) in [4.78, 5) is 11.6. The Bertz CT molecular complexity index is 419. The van der Waals surface area contributed by atoms with Crippen molar-refractivity contribution in [3.8, 4) is 5.75 Å². The maximum absolute atomic E-state index is 11.6. The topological polar surface area (TPSA) is 50.4 Å². The largest absolute Gasteiger partial charge is 0.483 e. The molecule has 112 valence electrons. The summed E-state index contributed by atoms with van der Waals surface area (Å²) in [6, 6.07) is 6.02. The van der Waals surface area contributed by atoms with Crippen molar-refractivity contribution < 1.29 is 9.53 Å². The Morgan fingerprint density at radius 1 is 1.30 bits per heavy atom. The van der Waals surface area contributed by atoms with Gasteiger partial charge in [0.1, 0.15) is 5.75 Å². The van der Waals surface area contributed by atoms with Crippen LogP contribution in [0.2, 0.25) is 0 Å². The zero-order chi connectivity index (χ0) is 14.8. The monoisotopic (exact) mass is 278 g/mol. The second kappa shape index (κ2) is 9.37. The summed E-state index contributed by atoms with van der Waals surface area (Å²) in [5, 5.41) is 6.13. The van der Waals surface area contributed by atoms with Crippen LogP contribution in [-0.2, 0) is 11.3 Å². The van der Waals surface area contributed by atoms with Gasteiger partial charge in [-0.15, -0.1) is 0 Å². The SMILES string of the molecule is CCCCNC(=O)COc1ccc(C)cc1CNCC. The first-order valence-corrected chi connectivity index (χ1v) is 7.37. The lowest BCUT2D eigenvalue weighted by atomic mass is 10.1. The minimum atomic E-state index is -0.0616. The van der Waals surface area contributed by atoms with Gasteiger partial charge in [-0.2, -0.15) is 0 Å². The number of nitrogens with one attached hydrogen (secondary N) is 2. The second-order valence-electron chi connectivity index (χ2n) is 4.88. The summed E-state index contributed by atoms with van der Waals surface area (Å²) in [7, 11) is 0. The Morgan fingerprint density at radius 3 is 2.80 bits per heavy atom. The highest BCUT2D eigenvalue weighted by Crippen LogP contribution is 2.19. The van der Waals surface area contributed by atoms with Gasteiger partial charge in [-0.25, -0.2) is 0 Å². The summed E-state index contributed by atoms with van der Waals surface area (Å²) in [5.74, 6) is 0.718. The van der Waals surface area contributed by atoms with Crippen LogP contribution >= 0.6 is 0 Å². The predicted molar refractivity (Wildman–Crippen MR) is 82.0 cm³/mol. The fraction of sp³-hybridized carbons (Fsp3) is 0.562. The van der Waals surface area contributed by atoms with Gasteiger partial charge in [0.25, 0.3) is 5.91 Å². The van der Waals surface area contributed by atoms with Gasteiger partial charge >= 0.3 is 0 Å². The van der Waals surface area contributed by atoms with E-state index in [1.54, 1.807) is 0 Å². The molecule has 0 bridgehead atoms. The molecule has 0 fully saturated rings.